The minimum Gasteiger partial charge on any atom is -0.474 e. The third-order valence-electron chi connectivity index (χ3n) is 4.46. The summed E-state index contributed by atoms with van der Waals surface area (Å²) in [5.74, 6) is 0.869. The van der Waals surface area contributed by atoms with Crippen LogP contribution in [-0.4, -0.2) is 72.7 Å². The summed E-state index contributed by atoms with van der Waals surface area (Å²) in [5, 5.41) is 0. The van der Waals surface area contributed by atoms with Crippen LogP contribution in [0.4, 0.5) is 0 Å². The van der Waals surface area contributed by atoms with Crippen molar-refractivity contribution < 1.29 is 14.3 Å². The number of ether oxygens (including phenoxy) is 2. The van der Waals surface area contributed by atoms with E-state index in [1.807, 2.05) is 42.1 Å². The van der Waals surface area contributed by atoms with Crippen LogP contribution >= 0.6 is 0 Å². The van der Waals surface area contributed by atoms with Crippen LogP contribution in [0.5, 0.6) is 5.88 Å². The number of carbonyl (C=O) groups excluding carboxylic acids is 1. The van der Waals surface area contributed by atoms with E-state index >= 15 is 0 Å². The first-order valence-electron chi connectivity index (χ1n) is 8.20. The molecule has 1 spiro atoms. The molecule has 6 nitrogen and oxygen atoms in total. The summed E-state index contributed by atoms with van der Waals surface area (Å²) in [6.45, 7) is 2.83. The summed E-state index contributed by atoms with van der Waals surface area (Å²) in [6.07, 6.45) is 4.10. The van der Waals surface area contributed by atoms with Crippen molar-refractivity contribution >= 4 is 5.91 Å². The Labute approximate surface area is 137 Å². The predicted molar refractivity (Wildman–Crippen MR) is 86.3 cm³/mol. The number of nitrogens with zero attached hydrogens (tertiary/aromatic N) is 3. The molecule has 3 rings (SSSR count). The van der Waals surface area contributed by atoms with Crippen LogP contribution in [0.1, 0.15) is 19.3 Å². The van der Waals surface area contributed by atoms with Gasteiger partial charge in [0, 0.05) is 38.1 Å². The molecule has 126 valence electrons. The lowest BCUT2D eigenvalue weighted by molar-refractivity contribution is -0.193. The first-order valence-corrected chi connectivity index (χ1v) is 8.20. The standard InChI is InChI=1S/C17H25N3O3/c1-19(2)9-6-16(21)20-12-17(13-20)11-14(7-10-22-17)23-15-5-3-4-8-18-15/h3-5,8,14H,6-7,9-13H2,1-2H3/t14-/m0/s1. The minimum atomic E-state index is -0.217. The van der Waals surface area contributed by atoms with Gasteiger partial charge in [0.05, 0.1) is 19.7 Å². The fourth-order valence-corrected chi connectivity index (χ4v) is 3.19. The molecule has 1 aromatic heterocycles. The second-order valence-electron chi connectivity index (χ2n) is 6.74. The van der Waals surface area contributed by atoms with Crippen molar-refractivity contribution in [3.05, 3.63) is 24.4 Å². The van der Waals surface area contributed by atoms with Crippen LogP contribution in [0.25, 0.3) is 0 Å². The zero-order valence-corrected chi connectivity index (χ0v) is 13.9. The van der Waals surface area contributed by atoms with E-state index in [1.54, 1.807) is 6.20 Å². The molecule has 2 saturated heterocycles. The largest absolute Gasteiger partial charge is 0.474 e. The molecule has 0 aromatic carbocycles. The average molecular weight is 319 g/mol. The van der Waals surface area contributed by atoms with Gasteiger partial charge in [-0.1, -0.05) is 6.07 Å². The first kappa shape index (κ1) is 16.2. The lowest BCUT2D eigenvalue weighted by Gasteiger charge is -2.53. The van der Waals surface area contributed by atoms with E-state index in [0.717, 1.165) is 19.4 Å². The molecule has 0 radical (unpaired) electrons. The van der Waals surface area contributed by atoms with E-state index < -0.39 is 0 Å². The van der Waals surface area contributed by atoms with E-state index in [-0.39, 0.29) is 17.6 Å². The lowest BCUT2D eigenvalue weighted by atomic mass is 9.84. The van der Waals surface area contributed by atoms with Crippen molar-refractivity contribution in [1.29, 1.82) is 0 Å². The quantitative estimate of drug-likeness (QED) is 0.815. The molecule has 3 heterocycles. The Hall–Kier alpha value is -1.66. The molecule has 2 aliphatic rings. The average Bonchev–Trinajstić information content (AvgIpc) is 2.51. The number of rotatable bonds is 5. The predicted octanol–water partition coefficient (Wildman–Crippen LogP) is 1.17. The second kappa shape index (κ2) is 6.84. The highest BCUT2D eigenvalue weighted by Gasteiger charge is 2.49. The van der Waals surface area contributed by atoms with Gasteiger partial charge >= 0.3 is 0 Å². The van der Waals surface area contributed by atoms with Gasteiger partial charge in [0.2, 0.25) is 11.8 Å². The topological polar surface area (TPSA) is 54.9 Å². The monoisotopic (exact) mass is 319 g/mol. The Balaban J connectivity index is 1.49. The molecule has 1 aromatic rings. The van der Waals surface area contributed by atoms with Gasteiger partial charge in [-0.2, -0.15) is 0 Å². The Morgan fingerprint density at radius 3 is 3.00 bits per heavy atom. The summed E-state index contributed by atoms with van der Waals surface area (Å²) in [4.78, 5) is 20.3. The highest BCUT2D eigenvalue weighted by molar-refractivity contribution is 5.77. The molecular formula is C17H25N3O3. The van der Waals surface area contributed by atoms with Crippen molar-refractivity contribution in [3.8, 4) is 5.88 Å². The maximum absolute atomic E-state index is 12.1. The molecule has 0 unspecified atom stereocenters. The molecule has 23 heavy (non-hydrogen) atoms. The number of aromatic nitrogens is 1. The van der Waals surface area contributed by atoms with Crippen LogP contribution in [0.2, 0.25) is 0 Å². The van der Waals surface area contributed by atoms with E-state index in [4.69, 9.17) is 9.47 Å². The summed E-state index contributed by atoms with van der Waals surface area (Å²) in [7, 11) is 3.96. The van der Waals surface area contributed by atoms with Crippen LogP contribution in [0.3, 0.4) is 0 Å². The van der Waals surface area contributed by atoms with Crippen LogP contribution < -0.4 is 4.74 Å². The van der Waals surface area contributed by atoms with Gasteiger partial charge in [-0.15, -0.1) is 0 Å². The normalized spacial score (nSPS) is 22.9. The number of hydrogen-bond acceptors (Lipinski definition) is 5. The Morgan fingerprint density at radius 2 is 2.30 bits per heavy atom. The van der Waals surface area contributed by atoms with Crippen LogP contribution in [-0.2, 0) is 9.53 Å². The fraction of sp³-hybridized carbons (Fsp3) is 0.647. The van der Waals surface area contributed by atoms with Gasteiger partial charge in [0.15, 0.2) is 0 Å². The SMILES string of the molecule is CN(C)CCC(=O)N1CC2(C[C@@H](Oc3ccccn3)CCO2)C1. The number of carbonyl (C=O) groups is 1. The Morgan fingerprint density at radius 1 is 1.48 bits per heavy atom. The van der Waals surface area contributed by atoms with E-state index in [9.17, 15) is 4.79 Å². The van der Waals surface area contributed by atoms with Gasteiger partial charge in [-0.3, -0.25) is 4.79 Å². The van der Waals surface area contributed by atoms with Gasteiger partial charge in [0.25, 0.3) is 0 Å². The number of pyridine rings is 1. The molecular weight excluding hydrogens is 294 g/mol. The van der Waals surface area contributed by atoms with Crippen LogP contribution in [0, 0.1) is 0 Å². The number of amides is 1. The highest BCUT2D eigenvalue weighted by Crippen LogP contribution is 2.35. The molecule has 1 amide bonds. The lowest BCUT2D eigenvalue weighted by Crippen LogP contribution is -2.67. The zero-order chi connectivity index (χ0) is 16.3. The first-order chi connectivity index (χ1) is 11.1. The number of likely N-dealkylation sites (tertiary alicyclic amines) is 1. The smallest absolute Gasteiger partial charge is 0.224 e. The van der Waals surface area contributed by atoms with Gasteiger partial charge in [-0.25, -0.2) is 4.98 Å². The third kappa shape index (κ3) is 4.00. The molecule has 2 fully saturated rings. The highest BCUT2D eigenvalue weighted by atomic mass is 16.5. The molecule has 6 heteroatoms. The second-order valence-corrected chi connectivity index (χ2v) is 6.74. The van der Waals surface area contributed by atoms with Crippen molar-refractivity contribution in [2.75, 3.05) is 40.3 Å². The molecule has 2 aliphatic heterocycles. The zero-order valence-electron chi connectivity index (χ0n) is 13.9. The summed E-state index contributed by atoms with van der Waals surface area (Å²) < 4.78 is 11.9. The molecule has 0 N–H and O–H groups in total. The molecule has 0 saturated carbocycles. The van der Waals surface area contributed by atoms with Crippen molar-refractivity contribution in [3.63, 3.8) is 0 Å². The summed E-state index contributed by atoms with van der Waals surface area (Å²) >= 11 is 0. The summed E-state index contributed by atoms with van der Waals surface area (Å²) in [5.41, 5.74) is -0.217. The van der Waals surface area contributed by atoms with E-state index in [2.05, 4.69) is 4.98 Å². The van der Waals surface area contributed by atoms with E-state index in [1.165, 1.54) is 0 Å². The van der Waals surface area contributed by atoms with E-state index in [0.29, 0.717) is 32.0 Å². The molecule has 0 aliphatic carbocycles. The molecule has 0 bridgehead atoms. The van der Waals surface area contributed by atoms with Crippen molar-refractivity contribution in [2.24, 2.45) is 0 Å². The Bertz CT molecular complexity index is 529. The maximum atomic E-state index is 12.1. The number of hydrogen-bond donors (Lipinski definition) is 0. The van der Waals surface area contributed by atoms with Gasteiger partial charge < -0.3 is 19.3 Å². The van der Waals surface area contributed by atoms with Gasteiger partial charge in [-0.05, 0) is 20.2 Å². The van der Waals surface area contributed by atoms with Crippen LogP contribution in [0.15, 0.2) is 24.4 Å². The minimum absolute atomic E-state index is 0.109. The Kier molecular flexibility index (Phi) is 4.82. The van der Waals surface area contributed by atoms with Gasteiger partial charge in [0.1, 0.15) is 11.7 Å². The fourth-order valence-electron chi connectivity index (χ4n) is 3.19. The maximum Gasteiger partial charge on any atom is 0.224 e. The third-order valence-corrected chi connectivity index (χ3v) is 4.46. The van der Waals surface area contributed by atoms with Crippen molar-refractivity contribution in [1.82, 2.24) is 14.8 Å². The summed E-state index contributed by atoms with van der Waals surface area (Å²) in [6, 6.07) is 5.67. The molecule has 1 atom stereocenters. The van der Waals surface area contributed by atoms with Crippen molar-refractivity contribution in [2.45, 2.75) is 31.0 Å².